The minimum absolute atomic E-state index is 0.0269. The Morgan fingerprint density at radius 3 is 2.36 bits per heavy atom. The van der Waals surface area contributed by atoms with E-state index in [-0.39, 0.29) is 28.7 Å². The average molecular weight is 551 g/mol. The summed E-state index contributed by atoms with van der Waals surface area (Å²) in [5, 5.41) is 2.35. The number of carbonyl (C=O) groups excluding carboxylic acids is 2. The predicted molar refractivity (Wildman–Crippen MR) is 129 cm³/mol. The molecule has 206 valence electrons. The van der Waals surface area contributed by atoms with Crippen LogP contribution in [0.1, 0.15) is 64.0 Å². The molecule has 0 heterocycles. The molecule has 5 nitrogen and oxygen atoms in total. The first-order valence-electron chi connectivity index (χ1n) is 11.9. The highest BCUT2D eigenvalue weighted by Crippen LogP contribution is 2.48. The molecule has 0 spiro atoms. The molecule has 1 saturated carbocycles. The van der Waals surface area contributed by atoms with Crippen LogP contribution < -0.4 is 10.1 Å². The number of benzene rings is 3. The van der Waals surface area contributed by atoms with Gasteiger partial charge in [-0.05, 0) is 85.3 Å². The Morgan fingerprint density at radius 1 is 1.03 bits per heavy atom. The zero-order chi connectivity index (χ0) is 28.5. The number of alkyl halides is 4. The van der Waals surface area contributed by atoms with E-state index in [1.165, 1.54) is 19.1 Å². The van der Waals surface area contributed by atoms with Gasteiger partial charge in [-0.15, -0.1) is 0 Å². The number of amides is 1. The van der Waals surface area contributed by atoms with Crippen LogP contribution in [0.3, 0.4) is 0 Å². The number of esters is 1. The lowest BCUT2D eigenvalue weighted by Crippen LogP contribution is -2.17. The molecule has 0 radical (unpaired) electrons. The smallest absolute Gasteiger partial charge is 0.416 e. The number of hydrogen-bond acceptors (Lipinski definition) is 4. The molecular formula is C28H23F6NO4. The summed E-state index contributed by atoms with van der Waals surface area (Å²) in [6.45, 7) is 1.53. The Bertz CT molecular complexity index is 1420. The van der Waals surface area contributed by atoms with Gasteiger partial charge >= 0.3 is 12.1 Å². The molecule has 0 aliphatic heterocycles. The number of rotatable bonds is 8. The quantitative estimate of drug-likeness (QED) is 0.229. The first-order valence-corrected chi connectivity index (χ1v) is 11.9. The number of nitrogens with one attached hydrogen (secondary N) is 1. The summed E-state index contributed by atoms with van der Waals surface area (Å²) in [7, 11) is 1.04. The van der Waals surface area contributed by atoms with Crippen LogP contribution in [-0.4, -0.2) is 19.0 Å². The summed E-state index contributed by atoms with van der Waals surface area (Å²) in [5.41, 5.74) is -1.85. The average Bonchev–Trinajstić information content (AvgIpc) is 3.71. The molecule has 1 atom stereocenters. The maximum Gasteiger partial charge on any atom is 0.416 e. The molecule has 39 heavy (non-hydrogen) atoms. The van der Waals surface area contributed by atoms with E-state index in [9.17, 15) is 35.9 Å². The molecule has 1 aliphatic rings. The first-order chi connectivity index (χ1) is 18.4. The Hall–Kier alpha value is -4.02. The summed E-state index contributed by atoms with van der Waals surface area (Å²) >= 11 is 0. The molecule has 0 bridgehead atoms. The van der Waals surface area contributed by atoms with Gasteiger partial charge in [0.1, 0.15) is 29.3 Å². The van der Waals surface area contributed by atoms with Gasteiger partial charge in [0.05, 0.1) is 24.7 Å². The SMILES string of the molecule is COC(=O)CC(F)c1cc(NC(=O)c2cc(C(F)(F)F)c(C3CC3)cc2Oc2ccc(F)cc2C)ccc1F. The summed E-state index contributed by atoms with van der Waals surface area (Å²) in [6.07, 6.45) is -6.56. The van der Waals surface area contributed by atoms with E-state index in [1.807, 2.05) is 0 Å². The monoisotopic (exact) mass is 551 g/mol. The Kier molecular flexibility index (Phi) is 7.89. The summed E-state index contributed by atoms with van der Waals surface area (Å²) in [5.74, 6) is -3.94. The Labute approximate surface area is 219 Å². The molecule has 11 heteroatoms. The minimum Gasteiger partial charge on any atom is -0.469 e. The van der Waals surface area contributed by atoms with Crippen molar-refractivity contribution in [3.8, 4) is 11.5 Å². The lowest BCUT2D eigenvalue weighted by atomic mass is 9.98. The third kappa shape index (κ3) is 6.52. The molecule has 1 N–H and O–H groups in total. The van der Waals surface area contributed by atoms with Gasteiger partial charge in [-0.2, -0.15) is 13.2 Å². The molecular weight excluding hydrogens is 528 g/mol. The van der Waals surface area contributed by atoms with E-state index < -0.39 is 59.0 Å². The predicted octanol–water partition coefficient (Wildman–Crippen LogP) is 7.79. The maximum atomic E-state index is 14.5. The summed E-state index contributed by atoms with van der Waals surface area (Å²) in [6, 6.07) is 8.28. The summed E-state index contributed by atoms with van der Waals surface area (Å²) < 4.78 is 94.4. The van der Waals surface area contributed by atoms with Crippen LogP contribution in [0.25, 0.3) is 0 Å². The molecule has 1 unspecified atom stereocenters. The van der Waals surface area contributed by atoms with Gasteiger partial charge < -0.3 is 14.8 Å². The molecule has 3 aromatic rings. The van der Waals surface area contributed by atoms with Crippen LogP contribution in [0.15, 0.2) is 48.5 Å². The largest absolute Gasteiger partial charge is 0.469 e. The number of ether oxygens (including phenoxy) is 2. The molecule has 4 rings (SSSR count). The van der Waals surface area contributed by atoms with Gasteiger partial charge in [-0.25, -0.2) is 13.2 Å². The van der Waals surface area contributed by atoms with E-state index in [4.69, 9.17) is 4.74 Å². The lowest BCUT2D eigenvalue weighted by Gasteiger charge is -2.19. The van der Waals surface area contributed by atoms with Crippen LogP contribution >= 0.6 is 0 Å². The molecule has 1 fully saturated rings. The fourth-order valence-electron chi connectivity index (χ4n) is 4.08. The highest BCUT2D eigenvalue weighted by molar-refractivity contribution is 6.06. The first kappa shape index (κ1) is 28.0. The van der Waals surface area contributed by atoms with E-state index in [0.29, 0.717) is 24.5 Å². The highest BCUT2D eigenvalue weighted by Gasteiger charge is 2.40. The van der Waals surface area contributed by atoms with Crippen LogP contribution in [0.5, 0.6) is 11.5 Å². The number of hydrogen-bond donors (Lipinski definition) is 1. The van der Waals surface area contributed by atoms with Crippen molar-refractivity contribution in [1.82, 2.24) is 0 Å². The third-order valence-electron chi connectivity index (χ3n) is 6.24. The minimum atomic E-state index is -4.77. The summed E-state index contributed by atoms with van der Waals surface area (Å²) in [4.78, 5) is 24.6. The van der Waals surface area contributed by atoms with Crippen molar-refractivity contribution in [2.45, 2.75) is 44.5 Å². The van der Waals surface area contributed by atoms with Gasteiger partial charge in [0, 0.05) is 11.3 Å². The number of anilines is 1. The van der Waals surface area contributed by atoms with Gasteiger partial charge in [0.15, 0.2) is 0 Å². The third-order valence-corrected chi connectivity index (χ3v) is 6.24. The lowest BCUT2D eigenvalue weighted by molar-refractivity contribution is -0.142. The standard InChI is InChI=1S/C28H23F6NO4/c1-14-9-16(29)5-8-24(14)39-25-12-18(15-3-4-15)21(28(32,33)34)11-20(25)27(37)35-17-6-7-22(30)19(10-17)23(31)13-26(36)38-2/h5-12,15,23H,3-4,13H2,1-2H3,(H,35,37). The molecule has 1 amide bonds. The second kappa shape index (κ2) is 11.0. The van der Waals surface area contributed by atoms with Crippen molar-refractivity contribution in [3.63, 3.8) is 0 Å². The second-order valence-corrected chi connectivity index (χ2v) is 9.16. The van der Waals surface area contributed by atoms with Crippen LogP contribution in [0.4, 0.5) is 32.0 Å². The number of halogens is 6. The van der Waals surface area contributed by atoms with Gasteiger partial charge in [-0.1, -0.05) is 0 Å². The van der Waals surface area contributed by atoms with Gasteiger partial charge in [0.25, 0.3) is 5.91 Å². The van der Waals surface area contributed by atoms with E-state index in [1.54, 1.807) is 0 Å². The Morgan fingerprint density at radius 2 is 1.74 bits per heavy atom. The molecule has 1 aliphatic carbocycles. The van der Waals surface area contributed by atoms with Crippen molar-refractivity contribution in [3.05, 3.63) is 88.0 Å². The molecule has 3 aromatic carbocycles. The second-order valence-electron chi connectivity index (χ2n) is 9.16. The fraction of sp³-hybridized carbons (Fsp3) is 0.286. The topological polar surface area (TPSA) is 64.6 Å². The fourth-order valence-corrected chi connectivity index (χ4v) is 4.08. The molecule has 0 saturated heterocycles. The number of methoxy groups -OCH3 is 1. The van der Waals surface area contributed by atoms with E-state index in [2.05, 4.69) is 10.1 Å². The van der Waals surface area contributed by atoms with Gasteiger partial charge in [0.2, 0.25) is 0 Å². The van der Waals surface area contributed by atoms with Crippen molar-refractivity contribution in [2.75, 3.05) is 12.4 Å². The maximum absolute atomic E-state index is 14.5. The van der Waals surface area contributed by atoms with Crippen LogP contribution in [0.2, 0.25) is 0 Å². The Balaban J connectivity index is 1.73. The zero-order valence-corrected chi connectivity index (χ0v) is 20.8. The van der Waals surface area contributed by atoms with Crippen molar-refractivity contribution < 1.29 is 45.4 Å². The van der Waals surface area contributed by atoms with Crippen molar-refractivity contribution in [1.29, 1.82) is 0 Å². The normalized spacial score (nSPS) is 14.1. The van der Waals surface area contributed by atoms with E-state index in [0.717, 1.165) is 37.4 Å². The van der Waals surface area contributed by atoms with Gasteiger partial charge in [-0.3, -0.25) is 9.59 Å². The van der Waals surface area contributed by atoms with Crippen LogP contribution in [-0.2, 0) is 15.7 Å². The van der Waals surface area contributed by atoms with Crippen LogP contribution in [0, 0.1) is 18.6 Å². The highest BCUT2D eigenvalue weighted by atomic mass is 19.4. The number of carbonyl (C=O) groups is 2. The zero-order valence-electron chi connectivity index (χ0n) is 20.8. The van der Waals surface area contributed by atoms with Crippen molar-refractivity contribution >= 4 is 17.6 Å². The van der Waals surface area contributed by atoms with Crippen molar-refractivity contribution in [2.24, 2.45) is 0 Å². The van der Waals surface area contributed by atoms with E-state index >= 15 is 0 Å². The molecule has 0 aromatic heterocycles. The number of aryl methyl sites for hydroxylation is 1.